The Bertz CT molecular complexity index is 1330. The second-order valence-corrected chi connectivity index (χ2v) is 8.78. The van der Waals surface area contributed by atoms with E-state index in [0.717, 1.165) is 17.7 Å². The first-order chi connectivity index (χ1) is 18.5. The summed E-state index contributed by atoms with van der Waals surface area (Å²) in [5, 5.41) is 79.1. The first-order valence-electron chi connectivity index (χ1n) is 11.6. The Labute approximate surface area is 221 Å². The third-order valence-corrected chi connectivity index (χ3v) is 5.88. The molecule has 8 N–H and O–H groups in total. The summed E-state index contributed by atoms with van der Waals surface area (Å²) in [7, 11) is 0. The van der Waals surface area contributed by atoms with Crippen molar-refractivity contribution in [2.75, 3.05) is 6.61 Å². The van der Waals surface area contributed by atoms with Crippen LogP contribution in [0.5, 0.6) is 34.5 Å². The fraction of sp³-hybridized carbons (Fsp3) is 0.222. The summed E-state index contributed by atoms with van der Waals surface area (Å²) in [6, 6.07) is 12.3. The number of ether oxygens (including phenoxy) is 3. The molecule has 5 atom stereocenters. The molecular formula is C27H26O12. The Morgan fingerprint density at radius 2 is 1.41 bits per heavy atom. The minimum absolute atomic E-state index is 0.0544. The monoisotopic (exact) mass is 542 g/mol. The van der Waals surface area contributed by atoms with Gasteiger partial charge in [-0.3, -0.25) is 0 Å². The zero-order chi connectivity index (χ0) is 28.3. The van der Waals surface area contributed by atoms with Gasteiger partial charge in [0.1, 0.15) is 48.3 Å². The van der Waals surface area contributed by atoms with E-state index in [1.807, 2.05) is 0 Å². The molecular weight excluding hydrogens is 516 g/mol. The molecule has 4 rings (SSSR count). The van der Waals surface area contributed by atoms with Gasteiger partial charge in [-0.15, -0.1) is 0 Å². The van der Waals surface area contributed by atoms with Crippen LogP contribution < -0.4 is 4.74 Å². The van der Waals surface area contributed by atoms with Crippen LogP contribution in [0.15, 0.2) is 54.6 Å². The van der Waals surface area contributed by atoms with Crippen LogP contribution in [-0.4, -0.2) is 84.1 Å². The number of hydrogen-bond donors (Lipinski definition) is 8. The highest BCUT2D eigenvalue weighted by atomic mass is 16.7. The van der Waals surface area contributed by atoms with E-state index in [-0.39, 0.29) is 22.8 Å². The molecule has 0 unspecified atom stereocenters. The third kappa shape index (κ3) is 6.51. The molecule has 1 saturated heterocycles. The summed E-state index contributed by atoms with van der Waals surface area (Å²) in [6.45, 7) is -0.618. The highest BCUT2D eigenvalue weighted by Crippen LogP contribution is 2.35. The maximum Gasteiger partial charge on any atom is 0.338 e. The van der Waals surface area contributed by atoms with Gasteiger partial charge in [-0.25, -0.2) is 4.79 Å². The lowest BCUT2D eigenvalue weighted by Crippen LogP contribution is -2.60. The summed E-state index contributed by atoms with van der Waals surface area (Å²) < 4.78 is 16.2. The van der Waals surface area contributed by atoms with Gasteiger partial charge in [0.25, 0.3) is 0 Å². The van der Waals surface area contributed by atoms with Crippen LogP contribution in [0.3, 0.4) is 0 Å². The highest BCUT2D eigenvalue weighted by Gasteiger charge is 2.45. The van der Waals surface area contributed by atoms with Crippen molar-refractivity contribution in [3.05, 3.63) is 71.3 Å². The van der Waals surface area contributed by atoms with Gasteiger partial charge in [0.05, 0.1) is 5.56 Å². The molecule has 1 aliphatic heterocycles. The zero-order valence-electron chi connectivity index (χ0n) is 20.2. The van der Waals surface area contributed by atoms with Crippen molar-refractivity contribution in [1.82, 2.24) is 0 Å². The van der Waals surface area contributed by atoms with Gasteiger partial charge in [-0.05, 0) is 47.5 Å². The SMILES string of the molecule is O=C(OC[C@@H]1O[C@H](Oc2cc(O)cc(/C=C/c3ccc(O)cc3)c2)[C@@H](O)[C@H](O)[C@@H]1O)c1cc(O)c(O)c(O)c1. The molecule has 0 saturated carbocycles. The van der Waals surface area contributed by atoms with Crippen molar-refractivity contribution in [1.29, 1.82) is 0 Å². The van der Waals surface area contributed by atoms with Gasteiger partial charge in [0.15, 0.2) is 17.2 Å². The van der Waals surface area contributed by atoms with Crippen molar-refractivity contribution in [2.24, 2.45) is 0 Å². The average molecular weight is 542 g/mol. The van der Waals surface area contributed by atoms with Crippen LogP contribution in [0.25, 0.3) is 12.2 Å². The first-order valence-corrected chi connectivity index (χ1v) is 11.6. The molecule has 0 aromatic heterocycles. The Kier molecular flexibility index (Phi) is 8.12. The molecule has 0 radical (unpaired) electrons. The standard InChI is InChI=1S/C27H26O12/c28-16-5-3-13(4-6-16)1-2-14-7-17(29)11-18(8-14)38-27-25(35)24(34)23(33)21(39-27)12-37-26(36)15-9-19(30)22(32)20(31)10-15/h1-11,21,23-25,27-35H,12H2/b2-1+/t21-,23+,24+,25-,27-/m0/s1. The normalized spacial score (nSPS) is 23.0. The van der Waals surface area contributed by atoms with E-state index in [4.69, 9.17) is 14.2 Å². The number of phenolic OH excluding ortho intramolecular Hbond substituents is 5. The quantitative estimate of drug-likeness (QED) is 0.121. The van der Waals surface area contributed by atoms with Gasteiger partial charge in [-0.2, -0.15) is 0 Å². The maximum absolute atomic E-state index is 12.3. The van der Waals surface area contributed by atoms with Crippen molar-refractivity contribution < 1.29 is 59.9 Å². The molecule has 1 fully saturated rings. The summed E-state index contributed by atoms with van der Waals surface area (Å²) in [4.78, 5) is 12.3. The van der Waals surface area contributed by atoms with Crippen LogP contribution >= 0.6 is 0 Å². The second kappa shape index (κ2) is 11.5. The average Bonchev–Trinajstić information content (AvgIpc) is 2.90. The zero-order valence-corrected chi connectivity index (χ0v) is 20.2. The molecule has 12 nitrogen and oxygen atoms in total. The maximum atomic E-state index is 12.3. The third-order valence-electron chi connectivity index (χ3n) is 5.88. The largest absolute Gasteiger partial charge is 0.508 e. The van der Waals surface area contributed by atoms with E-state index in [0.29, 0.717) is 5.56 Å². The van der Waals surface area contributed by atoms with Crippen molar-refractivity contribution >= 4 is 18.1 Å². The molecule has 206 valence electrons. The van der Waals surface area contributed by atoms with Crippen LogP contribution in [0.4, 0.5) is 0 Å². The minimum Gasteiger partial charge on any atom is -0.508 e. The Morgan fingerprint density at radius 1 is 0.769 bits per heavy atom. The van der Waals surface area contributed by atoms with E-state index < -0.39 is 60.5 Å². The lowest BCUT2D eigenvalue weighted by molar-refractivity contribution is -0.277. The molecule has 0 aliphatic carbocycles. The predicted molar refractivity (Wildman–Crippen MR) is 134 cm³/mol. The van der Waals surface area contributed by atoms with Crippen molar-refractivity contribution in [3.8, 4) is 34.5 Å². The fourth-order valence-corrected chi connectivity index (χ4v) is 3.80. The number of rotatable bonds is 7. The predicted octanol–water partition coefficient (Wildman–Crippen LogP) is 1.43. The summed E-state index contributed by atoms with van der Waals surface area (Å²) in [6.07, 6.45) is -4.65. The van der Waals surface area contributed by atoms with Crippen LogP contribution in [0.2, 0.25) is 0 Å². The summed E-state index contributed by atoms with van der Waals surface area (Å²) in [5.74, 6) is -3.38. The van der Waals surface area contributed by atoms with E-state index in [1.54, 1.807) is 24.3 Å². The molecule has 0 amide bonds. The lowest BCUT2D eigenvalue weighted by Gasteiger charge is -2.39. The fourth-order valence-electron chi connectivity index (χ4n) is 3.80. The van der Waals surface area contributed by atoms with Crippen molar-refractivity contribution in [2.45, 2.75) is 30.7 Å². The number of esters is 1. The number of aromatic hydroxyl groups is 5. The number of aliphatic hydroxyl groups excluding tert-OH is 3. The molecule has 1 heterocycles. The molecule has 1 aliphatic rings. The molecule has 3 aromatic rings. The van der Waals surface area contributed by atoms with Gasteiger partial charge in [0, 0.05) is 6.07 Å². The number of carbonyl (C=O) groups excluding carboxylic acids is 1. The van der Waals surface area contributed by atoms with E-state index in [2.05, 4.69) is 0 Å². The molecule has 39 heavy (non-hydrogen) atoms. The molecule has 12 heteroatoms. The highest BCUT2D eigenvalue weighted by molar-refractivity contribution is 5.91. The second-order valence-electron chi connectivity index (χ2n) is 8.78. The van der Waals surface area contributed by atoms with Crippen LogP contribution in [-0.2, 0) is 9.47 Å². The van der Waals surface area contributed by atoms with Crippen molar-refractivity contribution in [3.63, 3.8) is 0 Å². The van der Waals surface area contributed by atoms with Gasteiger partial charge in [-0.1, -0.05) is 24.3 Å². The van der Waals surface area contributed by atoms with E-state index in [1.165, 1.54) is 30.3 Å². The summed E-state index contributed by atoms with van der Waals surface area (Å²) >= 11 is 0. The molecule has 0 bridgehead atoms. The summed E-state index contributed by atoms with van der Waals surface area (Å²) in [5.41, 5.74) is 0.973. The Balaban J connectivity index is 1.45. The number of carbonyl (C=O) groups is 1. The van der Waals surface area contributed by atoms with Gasteiger partial charge < -0.3 is 55.1 Å². The van der Waals surface area contributed by atoms with Crippen LogP contribution in [0, 0.1) is 0 Å². The number of phenols is 5. The molecule has 0 spiro atoms. The number of hydrogen-bond acceptors (Lipinski definition) is 12. The Morgan fingerprint density at radius 3 is 2.08 bits per heavy atom. The molecule has 3 aromatic carbocycles. The number of aliphatic hydroxyl groups is 3. The first kappa shape index (κ1) is 27.5. The van der Waals surface area contributed by atoms with E-state index in [9.17, 15) is 45.6 Å². The number of benzene rings is 3. The van der Waals surface area contributed by atoms with Gasteiger partial charge in [0.2, 0.25) is 6.29 Å². The van der Waals surface area contributed by atoms with E-state index >= 15 is 0 Å². The topological polar surface area (TPSA) is 207 Å². The van der Waals surface area contributed by atoms with Gasteiger partial charge >= 0.3 is 5.97 Å². The van der Waals surface area contributed by atoms with Crippen LogP contribution in [0.1, 0.15) is 21.5 Å². The lowest BCUT2D eigenvalue weighted by atomic mass is 9.99. The smallest absolute Gasteiger partial charge is 0.338 e. The Hall–Kier alpha value is -4.49. The minimum atomic E-state index is -1.75.